The Morgan fingerprint density at radius 1 is 1.45 bits per heavy atom. The SMILES string of the molecule is Nc1ncn[nH]1.c1c[nH]cn1. The minimum Gasteiger partial charge on any atom is -0.368 e. The van der Waals surface area contributed by atoms with E-state index in [-0.39, 0.29) is 0 Å². The molecule has 0 unspecified atom stereocenters. The van der Waals surface area contributed by atoms with Crippen molar-refractivity contribution in [2.75, 3.05) is 5.73 Å². The van der Waals surface area contributed by atoms with E-state index in [1.165, 1.54) is 6.33 Å². The van der Waals surface area contributed by atoms with Crippen LogP contribution in [0, 0.1) is 0 Å². The van der Waals surface area contributed by atoms with Gasteiger partial charge in [-0.05, 0) is 0 Å². The first-order valence-electron chi connectivity index (χ1n) is 2.93. The maximum Gasteiger partial charge on any atom is 0.215 e. The molecule has 0 radical (unpaired) electrons. The third kappa shape index (κ3) is 2.99. The van der Waals surface area contributed by atoms with Gasteiger partial charge in [-0.15, -0.1) is 0 Å². The van der Waals surface area contributed by atoms with Crippen LogP contribution in [0.3, 0.4) is 0 Å². The van der Waals surface area contributed by atoms with Crippen LogP contribution in [0.2, 0.25) is 0 Å². The Hall–Kier alpha value is -1.85. The van der Waals surface area contributed by atoms with Crippen LogP contribution < -0.4 is 5.73 Å². The average Bonchev–Trinajstić information content (AvgIpc) is 2.57. The lowest BCUT2D eigenvalue weighted by atomic mass is 11.0. The summed E-state index contributed by atoms with van der Waals surface area (Å²) in [4.78, 5) is 9.94. The standard InChI is InChI=1S/C3H4N2.C2H4N4/c1-2-5-3-4-1;3-2-4-1-5-6-2/h1-3H,(H,4,5);1H,(H3,3,4,5,6). The van der Waals surface area contributed by atoms with Crippen molar-refractivity contribution in [2.45, 2.75) is 0 Å². The van der Waals surface area contributed by atoms with Crippen molar-refractivity contribution in [3.05, 3.63) is 25.0 Å². The van der Waals surface area contributed by atoms with Crippen LogP contribution in [0.4, 0.5) is 5.95 Å². The van der Waals surface area contributed by atoms with Crippen LogP contribution >= 0.6 is 0 Å². The maximum atomic E-state index is 5.05. The largest absolute Gasteiger partial charge is 0.368 e. The molecule has 0 fully saturated rings. The van der Waals surface area contributed by atoms with Crippen LogP contribution in [-0.4, -0.2) is 25.1 Å². The second-order valence-electron chi connectivity index (χ2n) is 1.63. The number of H-pyrrole nitrogens is 2. The predicted molar refractivity (Wildman–Crippen MR) is 39.4 cm³/mol. The highest BCUT2D eigenvalue weighted by Crippen LogP contribution is 1.76. The zero-order valence-electron chi connectivity index (χ0n) is 5.73. The minimum absolute atomic E-state index is 0.356. The average molecular weight is 152 g/mol. The van der Waals surface area contributed by atoms with Crippen molar-refractivity contribution >= 4 is 5.95 Å². The molecule has 0 spiro atoms. The summed E-state index contributed by atoms with van der Waals surface area (Å²) in [5.74, 6) is 0.356. The van der Waals surface area contributed by atoms with E-state index >= 15 is 0 Å². The molecule has 58 valence electrons. The van der Waals surface area contributed by atoms with E-state index in [0.29, 0.717) is 5.95 Å². The highest BCUT2D eigenvalue weighted by Gasteiger charge is 1.75. The number of hydrogen-bond donors (Lipinski definition) is 3. The lowest BCUT2D eigenvalue weighted by Gasteiger charge is -1.68. The monoisotopic (exact) mass is 152 g/mol. The van der Waals surface area contributed by atoms with Crippen molar-refractivity contribution in [3.8, 4) is 0 Å². The second kappa shape index (κ2) is 4.04. The first-order valence-corrected chi connectivity index (χ1v) is 2.93. The third-order valence-corrected chi connectivity index (χ3v) is 0.840. The summed E-state index contributed by atoms with van der Waals surface area (Å²) in [5.41, 5.74) is 5.05. The van der Waals surface area contributed by atoms with Gasteiger partial charge in [0.25, 0.3) is 0 Å². The van der Waals surface area contributed by atoms with E-state index in [1.807, 2.05) is 0 Å². The summed E-state index contributed by atoms with van der Waals surface area (Å²) in [6.07, 6.45) is 6.44. The zero-order valence-corrected chi connectivity index (χ0v) is 5.73. The molecule has 2 aromatic rings. The summed E-state index contributed by atoms with van der Waals surface area (Å²) in [6.45, 7) is 0. The molecule has 0 saturated carbocycles. The van der Waals surface area contributed by atoms with E-state index in [9.17, 15) is 0 Å². The molecule has 0 saturated heterocycles. The Bertz CT molecular complexity index is 229. The summed E-state index contributed by atoms with van der Waals surface area (Å²) in [7, 11) is 0. The van der Waals surface area contributed by atoms with E-state index < -0.39 is 0 Å². The van der Waals surface area contributed by atoms with Gasteiger partial charge >= 0.3 is 0 Å². The Kier molecular flexibility index (Phi) is 2.67. The molecule has 0 aliphatic rings. The van der Waals surface area contributed by atoms with E-state index in [2.05, 4.69) is 25.1 Å². The molecule has 11 heavy (non-hydrogen) atoms. The lowest BCUT2D eigenvalue weighted by Crippen LogP contribution is -1.84. The number of aromatic nitrogens is 5. The molecule has 0 aliphatic carbocycles. The number of hydrogen-bond acceptors (Lipinski definition) is 4. The van der Waals surface area contributed by atoms with Crippen molar-refractivity contribution < 1.29 is 0 Å². The summed E-state index contributed by atoms with van der Waals surface area (Å²) >= 11 is 0. The van der Waals surface area contributed by atoms with Crippen molar-refractivity contribution in [1.82, 2.24) is 25.1 Å². The van der Waals surface area contributed by atoms with Crippen LogP contribution in [0.5, 0.6) is 0 Å². The second-order valence-corrected chi connectivity index (χ2v) is 1.63. The van der Waals surface area contributed by atoms with Gasteiger partial charge in [0.1, 0.15) is 6.33 Å². The topological polar surface area (TPSA) is 96.3 Å². The summed E-state index contributed by atoms with van der Waals surface area (Å²) < 4.78 is 0. The van der Waals surface area contributed by atoms with Gasteiger partial charge in [-0.25, -0.2) is 15.1 Å². The number of rotatable bonds is 0. The van der Waals surface area contributed by atoms with Gasteiger partial charge in [0.2, 0.25) is 5.95 Å². The molecule has 2 aromatic heterocycles. The first-order chi connectivity index (χ1) is 5.39. The molecule has 0 amide bonds. The quantitative estimate of drug-likeness (QED) is 0.487. The molecule has 6 nitrogen and oxygen atoms in total. The molecule has 2 heterocycles. The Labute approximate surface area is 62.9 Å². The fraction of sp³-hybridized carbons (Fsp3) is 0. The van der Waals surface area contributed by atoms with Gasteiger partial charge < -0.3 is 10.7 Å². The molecule has 0 aliphatic heterocycles. The van der Waals surface area contributed by atoms with Gasteiger partial charge in [-0.2, -0.15) is 5.10 Å². The van der Waals surface area contributed by atoms with Crippen LogP contribution in [0.25, 0.3) is 0 Å². The number of nitrogens with zero attached hydrogens (tertiary/aromatic N) is 3. The van der Waals surface area contributed by atoms with Crippen LogP contribution in [0.1, 0.15) is 0 Å². The van der Waals surface area contributed by atoms with Gasteiger partial charge in [-0.1, -0.05) is 0 Å². The van der Waals surface area contributed by atoms with Gasteiger partial charge in [0.05, 0.1) is 6.33 Å². The molecule has 6 heteroatoms. The lowest BCUT2D eigenvalue weighted by molar-refractivity contribution is 1.10. The van der Waals surface area contributed by atoms with Gasteiger partial charge in [0, 0.05) is 12.4 Å². The molecule has 0 aromatic carbocycles. The highest BCUT2D eigenvalue weighted by molar-refractivity contribution is 5.07. The Morgan fingerprint density at radius 2 is 2.36 bits per heavy atom. The zero-order chi connectivity index (χ0) is 7.94. The maximum absolute atomic E-state index is 5.05. The fourth-order valence-corrected chi connectivity index (χ4v) is 0.430. The van der Waals surface area contributed by atoms with Crippen LogP contribution in [-0.2, 0) is 0 Å². The summed E-state index contributed by atoms with van der Waals surface area (Å²) in [6, 6.07) is 0. The molecule has 4 N–H and O–H groups in total. The van der Waals surface area contributed by atoms with Crippen molar-refractivity contribution in [2.24, 2.45) is 0 Å². The number of anilines is 1. The normalized spacial score (nSPS) is 8.36. The number of aromatic amines is 2. The minimum atomic E-state index is 0.356. The first kappa shape index (κ1) is 7.26. The molecule has 2 rings (SSSR count). The number of nitrogens with one attached hydrogen (secondary N) is 2. The van der Waals surface area contributed by atoms with E-state index in [1.54, 1.807) is 18.7 Å². The van der Waals surface area contributed by atoms with Crippen molar-refractivity contribution in [1.29, 1.82) is 0 Å². The van der Waals surface area contributed by atoms with E-state index in [4.69, 9.17) is 5.73 Å². The molecular formula is C5H8N6. The van der Waals surface area contributed by atoms with Crippen molar-refractivity contribution in [3.63, 3.8) is 0 Å². The third-order valence-electron chi connectivity index (χ3n) is 0.840. The van der Waals surface area contributed by atoms with E-state index in [0.717, 1.165) is 0 Å². The number of nitrogen functional groups attached to an aromatic ring is 1. The van der Waals surface area contributed by atoms with Crippen LogP contribution in [0.15, 0.2) is 25.0 Å². The Balaban J connectivity index is 0.000000112. The highest BCUT2D eigenvalue weighted by atomic mass is 15.2. The predicted octanol–water partition coefficient (Wildman–Crippen LogP) is -0.203. The van der Waals surface area contributed by atoms with Gasteiger partial charge in [0.15, 0.2) is 0 Å². The number of imidazole rings is 1. The molecule has 0 atom stereocenters. The molecular weight excluding hydrogens is 144 g/mol. The van der Waals surface area contributed by atoms with Gasteiger partial charge in [-0.3, -0.25) is 0 Å². The Morgan fingerprint density at radius 3 is 2.55 bits per heavy atom. The molecule has 0 bridgehead atoms. The summed E-state index contributed by atoms with van der Waals surface area (Å²) in [5, 5.41) is 5.88. The number of nitrogens with two attached hydrogens (primary N) is 1. The fourth-order valence-electron chi connectivity index (χ4n) is 0.430. The smallest absolute Gasteiger partial charge is 0.215 e.